The van der Waals surface area contributed by atoms with E-state index in [0.717, 1.165) is 17.9 Å². The van der Waals surface area contributed by atoms with Gasteiger partial charge in [0.05, 0.1) is 15.9 Å². The van der Waals surface area contributed by atoms with Crippen LogP contribution >= 0.6 is 0 Å². The molecule has 0 unspecified atom stereocenters. The number of ether oxygens (including phenoxy) is 1. The van der Waals surface area contributed by atoms with Gasteiger partial charge in [-0.3, -0.25) is 20.2 Å². The highest BCUT2D eigenvalue weighted by atomic mass is 32.2. The van der Waals surface area contributed by atoms with Crippen molar-refractivity contribution < 1.29 is 23.0 Å². The lowest BCUT2D eigenvalue weighted by Gasteiger charge is -2.11. The Bertz CT molecular complexity index is 1250. The molecule has 0 bridgehead atoms. The molecule has 1 heterocycles. The summed E-state index contributed by atoms with van der Waals surface area (Å²) >= 11 is 0. The molecule has 160 valence electrons. The van der Waals surface area contributed by atoms with Crippen LogP contribution in [0.5, 0.6) is 11.6 Å². The van der Waals surface area contributed by atoms with Gasteiger partial charge in [-0.15, -0.1) is 0 Å². The quantitative estimate of drug-likeness (QED) is 0.309. The molecule has 3 aromatic rings. The van der Waals surface area contributed by atoms with Crippen molar-refractivity contribution in [2.24, 2.45) is 0 Å². The van der Waals surface area contributed by atoms with Gasteiger partial charge in [0.25, 0.3) is 10.8 Å². The van der Waals surface area contributed by atoms with Crippen LogP contribution in [0.1, 0.15) is 5.56 Å². The van der Waals surface area contributed by atoms with Crippen molar-refractivity contribution in [3.63, 3.8) is 0 Å². The fraction of sp³-hybridized carbons (Fsp3) is 0.111. The van der Waals surface area contributed by atoms with Crippen LogP contribution in [0.3, 0.4) is 0 Å². The van der Waals surface area contributed by atoms with E-state index in [-0.39, 0.29) is 23.8 Å². The van der Waals surface area contributed by atoms with E-state index in [2.05, 4.69) is 15.3 Å². The van der Waals surface area contributed by atoms with Gasteiger partial charge in [-0.05, 0) is 11.6 Å². The van der Waals surface area contributed by atoms with E-state index in [0.29, 0.717) is 0 Å². The van der Waals surface area contributed by atoms with E-state index >= 15 is 0 Å². The third kappa shape index (κ3) is 5.27. The summed E-state index contributed by atoms with van der Waals surface area (Å²) < 4.78 is 29.4. The molecule has 0 fully saturated rings. The number of hydrogen-bond acceptors (Lipinski definition) is 10. The number of nitrogens with zero attached hydrogens (tertiary/aromatic N) is 4. The summed E-state index contributed by atoms with van der Waals surface area (Å²) in [7, 11) is -3.96. The number of nitro groups is 2. The van der Waals surface area contributed by atoms with Crippen LogP contribution in [-0.4, -0.2) is 34.5 Å². The average molecular weight is 445 g/mol. The van der Waals surface area contributed by atoms with Crippen molar-refractivity contribution in [2.75, 3.05) is 11.6 Å². The fourth-order valence-electron chi connectivity index (χ4n) is 2.49. The Balaban J connectivity index is 2.08. The first-order valence-electron chi connectivity index (χ1n) is 8.62. The zero-order valence-electron chi connectivity index (χ0n) is 16.0. The van der Waals surface area contributed by atoms with Gasteiger partial charge in [0, 0.05) is 18.9 Å². The molecule has 31 heavy (non-hydrogen) atoms. The molecule has 0 spiro atoms. The average Bonchev–Trinajstić information content (AvgIpc) is 2.72. The Kier molecular flexibility index (Phi) is 6.06. The minimum absolute atomic E-state index is 0.109. The Morgan fingerprint density at radius 3 is 2.32 bits per heavy atom. The predicted octanol–water partition coefficient (Wildman–Crippen LogP) is 3.10. The maximum absolute atomic E-state index is 12.0. The van der Waals surface area contributed by atoms with Crippen LogP contribution < -0.4 is 10.1 Å². The van der Waals surface area contributed by atoms with E-state index in [1.54, 1.807) is 30.3 Å². The molecule has 13 heteroatoms. The van der Waals surface area contributed by atoms with Gasteiger partial charge < -0.3 is 10.1 Å². The summed E-state index contributed by atoms with van der Waals surface area (Å²) in [5, 5.41) is 24.7. The highest BCUT2D eigenvalue weighted by Crippen LogP contribution is 2.36. The van der Waals surface area contributed by atoms with Gasteiger partial charge in [-0.2, -0.15) is 9.97 Å². The summed E-state index contributed by atoms with van der Waals surface area (Å²) in [4.78, 5) is 28.7. The van der Waals surface area contributed by atoms with Crippen LogP contribution in [0.25, 0.3) is 0 Å². The van der Waals surface area contributed by atoms with Gasteiger partial charge in [0.2, 0.25) is 15.7 Å². The van der Waals surface area contributed by atoms with Gasteiger partial charge in [-0.25, -0.2) is 8.42 Å². The van der Waals surface area contributed by atoms with Crippen molar-refractivity contribution in [3.8, 4) is 11.6 Å². The molecule has 2 aromatic carbocycles. The molecule has 0 atom stereocenters. The third-order valence-corrected chi connectivity index (χ3v) is 4.74. The number of hydrogen-bond donors (Lipinski definition) is 1. The van der Waals surface area contributed by atoms with Crippen molar-refractivity contribution in [2.45, 2.75) is 11.7 Å². The molecule has 0 amide bonds. The van der Waals surface area contributed by atoms with Gasteiger partial charge in [0.15, 0.2) is 0 Å². The first-order chi connectivity index (χ1) is 14.6. The molecule has 0 saturated carbocycles. The van der Waals surface area contributed by atoms with Gasteiger partial charge >= 0.3 is 11.6 Å². The van der Waals surface area contributed by atoms with Crippen LogP contribution in [0, 0.1) is 20.2 Å². The summed E-state index contributed by atoms with van der Waals surface area (Å²) in [6, 6.07) is 13.7. The van der Waals surface area contributed by atoms with Crippen LogP contribution in [-0.2, 0) is 16.4 Å². The van der Waals surface area contributed by atoms with Gasteiger partial charge in [0.1, 0.15) is 5.75 Å². The van der Waals surface area contributed by atoms with Crippen molar-refractivity contribution >= 4 is 27.0 Å². The minimum atomic E-state index is -3.96. The second-order valence-electron chi connectivity index (χ2n) is 6.23. The molecule has 0 aliphatic heterocycles. The molecule has 0 aliphatic carbocycles. The number of sulfone groups is 1. The Hall–Kier alpha value is -4.13. The first-order valence-corrected chi connectivity index (χ1v) is 10.5. The smallest absolute Gasteiger partial charge is 0.373 e. The van der Waals surface area contributed by atoms with E-state index in [4.69, 9.17) is 4.74 Å². The van der Waals surface area contributed by atoms with E-state index < -0.39 is 36.4 Å². The SMILES string of the molecule is CS(=O)(=O)c1nc(NCc2ccccc2)c([N+](=O)[O-])c(Oc2cccc([N+](=O)[O-])c2)n1. The fourth-order valence-corrected chi connectivity index (χ4v) is 3.00. The molecule has 1 aromatic heterocycles. The maximum Gasteiger partial charge on any atom is 0.373 e. The molecule has 0 radical (unpaired) electrons. The standard InChI is InChI=1S/C18H15N5O7S/c1-31(28,29)18-20-16(19-11-12-6-3-2-4-7-12)15(23(26)27)17(21-18)30-14-9-5-8-13(10-14)22(24)25/h2-10H,11H2,1H3,(H,19,20,21). The topological polar surface area (TPSA) is 167 Å². The molecule has 1 N–H and O–H groups in total. The number of aromatic nitrogens is 2. The van der Waals surface area contributed by atoms with E-state index in [1.165, 1.54) is 18.2 Å². The number of non-ortho nitro benzene ring substituents is 1. The number of anilines is 1. The summed E-state index contributed by atoms with van der Waals surface area (Å²) in [6.07, 6.45) is 0.840. The molecular weight excluding hydrogens is 430 g/mol. The maximum atomic E-state index is 12.0. The second-order valence-corrected chi connectivity index (χ2v) is 8.14. The monoisotopic (exact) mass is 445 g/mol. The molecule has 3 rings (SSSR count). The van der Waals surface area contributed by atoms with Crippen LogP contribution in [0.4, 0.5) is 17.2 Å². The second kappa shape index (κ2) is 8.71. The van der Waals surface area contributed by atoms with Crippen LogP contribution in [0.15, 0.2) is 59.8 Å². The zero-order chi connectivity index (χ0) is 22.6. The predicted molar refractivity (Wildman–Crippen MR) is 109 cm³/mol. The van der Waals surface area contributed by atoms with E-state index in [1.807, 2.05) is 0 Å². The Morgan fingerprint density at radius 2 is 1.71 bits per heavy atom. The van der Waals surface area contributed by atoms with E-state index in [9.17, 15) is 28.6 Å². The lowest BCUT2D eigenvalue weighted by Crippen LogP contribution is -2.12. The molecule has 12 nitrogen and oxygen atoms in total. The number of nitrogens with one attached hydrogen (secondary N) is 1. The molecular formula is C18H15N5O7S. The lowest BCUT2D eigenvalue weighted by atomic mass is 10.2. The highest BCUT2D eigenvalue weighted by Gasteiger charge is 2.30. The van der Waals surface area contributed by atoms with Crippen LogP contribution in [0.2, 0.25) is 0 Å². The third-order valence-electron chi connectivity index (χ3n) is 3.89. The lowest BCUT2D eigenvalue weighted by molar-refractivity contribution is -0.385. The van der Waals surface area contributed by atoms with Crippen molar-refractivity contribution in [3.05, 3.63) is 80.4 Å². The molecule has 0 aliphatic rings. The summed E-state index contributed by atoms with van der Waals surface area (Å²) in [6.45, 7) is 0.109. The van der Waals surface area contributed by atoms with Crippen molar-refractivity contribution in [1.29, 1.82) is 0 Å². The minimum Gasteiger partial charge on any atom is -0.433 e. The first kappa shape index (κ1) is 21.6. The Morgan fingerprint density at radius 1 is 1.00 bits per heavy atom. The number of rotatable bonds is 8. The largest absolute Gasteiger partial charge is 0.433 e. The molecule has 0 saturated heterocycles. The van der Waals surface area contributed by atoms with Crippen molar-refractivity contribution in [1.82, 2.24) is 9.97 Å². The number of nitro benzene ring substituents is 1. The zero-order valence-corrected chi connectivity index (χ0v) is 16.8. The summed E-state index contributed by atoms with van der Waals surface area (Å²) in [5.41, 5.74) is -0.271. The highest BCUT2D eigenvalue weighted by molar-refractivity contribution is 7.90. The van der Waals surface area contributed by atoms with Gasteiger partial charge in [-0.1, -0.05) is 36.4 Å². The normalized spacial score (nSPS) is 11.0. The summed E-state index contributed by atoms with van der Waals surface area (Å²) in [5.74, 6) is -1.18. The Labute approximate surface area is 175 Å². The number of benzene rings is 2.